The number of nitrogens with zero attached hydrogens (tertiary/aromatic N) is 1. The first kappa shape index (κ1) is 13.2. The van der Waals surface area contributed by atoms with E-state index in [1.165, 1.54) is 16.7 Å². The number of amides is 1. The summed E-state index contributed by atoms with van der Waals surface area (Å²) in [5.74, 6) is -2.41. The highest BCUT2D eigenvalue weighted by atomic mass is 32.2. The molecule has 2 heterocycles. The van der Waals surface area contributed by atoms with Gasteiger partial charge < -0.3 is 14.7 Å². The number of β-lactam (4-membered cyclic amide) rings is 1. The van der Waals surface area contributed by atoms with Crippen LogP contribution in [0, 0.1) is 0 Å². The number of hydrogen-bond acceptors (Lipinski definition) is 6. The summed E-state index contributed by atoms with van der Waals surface area (Å²) in [5.41, 5.74) is 4.03. The Bertz CT molecular complexity index is 452. The number of thioether (sulfide) groups is 1. The van der Waals surface area contributed by atoms with E-state index in [1.807, 2.05) is 0 Å². The first-order valence-electron chi connectivity index (χ1n) is 5.33. The van der Waals surface area contributed by atoms with Gasteiger partial charge in [-0.1, -0.05) is 0 Å². The van der Waals surface area contributed by atoms with Crippen LogP contribution in [-0.4, -0.2) is 49.7 Å². The summed E-state index contributed by atoms with van der Waals surface area (Å²) in [6.45, 7) is 4.59. The van der Waals surface area contributed by atoms with E-state index in [0.29, 0.717) is 0 Å². The van der Waals surface area contributed by atoms with Crippen LogP contribution in [0.4, 0.5) is 0 Å². The minimum atomic E-state index is -1.74. The van der Waals surface area contributed by atoms with Crippen LogP contribution in [0.2, 0.25) is 0 Å². The minimum Gasteiger partial charge on any atom is -0.480 e. The molecule has 0 aliphatic carbocycles. The molecule has 0 spiro atoms. The van der Waals surface area contributed by atoms with Crippen molar-refractivity contribution in [1.82, 2.24) is 4.90 Å². The third-order valence-corrected chi connectivity index (χ3v) is 4.72. The van der Waals surface area contributed by atoms with Crippen LogP contribution in [0.15, 0.2) is 0 Å². The second-order valence-electron chi connectivity index (χ2n) is 4.91. The van der Waals surface area contributed by atoms with E-state index in [4.69, 9.17) is 10.5 Å². The van der Waals surface area contributed by atoms with Gasteiger partial charge in [0.1, 0.15) is 11.4 Å². The van der Waals surface area contributed by atoms with Crippen molar-refractivity contribution < 1.29 is 24.2 Å². The number of aliphatic carboxylic acids is 1. The van der Waals surface area contributed by atoms with Crippen LogP contribution in [-0.2, 0) is 19.1 Å². The molecule has 2 aliphatic heterocycles. The molecular formula is C10H14N2O5S. The van der Waals surface area contributed by atoms with Gasteiger partial charge in [0.15, 0.2) is 0 Å². The predicted molar refractivity (Wildman–Crippen MR) is 62.4 cm³/mol. The summed E-state index contributed by atoms with van der Waals surface area (Å²) in [5, 5.41) is 8.54. The van der Waals surface area contributed by atoms with Gasteiger partial charge in [0.25, 0.3) is 11.6 Å². The summed E-state index contributed by atoms with van der Waals surface area (Å²) in [6.07, 6.45) is 0. The van der Waals surface area contributed by atoms with E-state index >= 15 is 0 Å². The maximum Gasteiger partial charge on any atom is 0.327 e. The predicted octanol–water partition coefficient (Wildman–Crippen LogP) is -0.649. The average molecular weight is 274 g/mol. The molecule has 2 rings (SSSR count). The summed E-state index contributed by atoms with van der Waals surface area (Å²) in [6, 6.07) is -0.966. The maximum absolute atomic E-state index is 12.0. The van der Waals surface area contributed by atoms with Crippen molar-refractivity contribution in [2.75, 3.05) is 0 Å². The molecule has 2 aliphatic rings. The van der Waals surface area contributed by atoms with Crippen LogP contribution >= 0.6 is 11.8 Å². The molecule has 0 aromatic carbocycles. The first-order chi connectivity index (χ1) is 8.11. The number of fused-ring (bicyclic) bond motifs is 1. The Balaban J connectivity index is 2.32. The molecule has 3 N–H and O–H groups in total. The molecule has 0 bridgehead atoms. The molecule has 8 heteroatoms. The highest BCUT2D eigenvalue weighted by molar-refractivity contribution is 8.01. The largest absolute Gasteiger partial charge is 0.480 e. The van der Waals surface area contributed by atoms with Gasteiger partial charge in [0.05, 0.1) is 0 Å². The molecule has 100 valence electrons. The molecular weight excluding hydrogens is 260 g/mol. The van der Waals surface area contributed by atoms with Crippen LogP contribution in [0.3, 0.4) is 0 Å². The standard InChI is InChI=1S/C10H14N2O5S/c1-4(13)17-10(11)7(16)12-5(6(14)15)9(2,3)18-8(10)12/h5,8H,11H2,1-3H3,(H,14,15)/t5-,8+,10+/m0/s1. The molecule has 18 heavy (non-hydrogen) atoms. The van der Waals surface area contributed by atoms with Gasteiger partial charge >= 0.3 is 11.9 Å². The van der Waals surface area contributed by atoms with Crippen LogP contribution < -0.4 is 5.73 Å². The van der Waals surface area contributed by atoms with Gasteiger partial charge in [-0.05, 0) is 13.8 Å². The molecule has 2 fully saturated rings. The molecule has 2 saturated heterocycles. The number of nitrogens with two attached hydrogens (primary N) is 1. The van der Waals surface area contributed by atoms with Crippen molar-refractivity contribution in [3.05, 3.63) is 0 Å². The molecule has 0 aromatic heterocycles. The first-order valence-corrected chi connectivity index (χ1v) is 6.21. The Morgan fingerprint density at radius 2 is 2.06 bits per heavy atom. The fourth-order valence-corrected chi connectivity index (χ4v) is 3.96. The van der Waals surface area contributed by atoms with E-state index < -0.39 is 39.7 Å². The van der Waals surface area contributed by atoms with E-state index in [0.717, 1.165) is 6.92 Å². The molecule has 0 unspecified atom stereocenters. The van der Waals surface area contributed by atoms with Crippen molar-refractivity contribution in [3.63, 3.8) is 0 Å². The smallest absolute Gasteiger partial charge is 0.327 e. The number of carbonyl (C=O) groups is 3. The Hall–Kier alpha value is -1.28. The van der Waals surface area contributed by atoms with Crippen LogP contribution in [0.5, 0.6) is 0 Å². The van der Waals surface area contributed by atoms with Crippen LogP contribution in [0.25, 0.3) is 0 Å². The fourth-order valence-electron chi connectivity index (χ4n) is 2.39. The summed E-state index contributed by atoms with van der Waals surface area (Å²) in [4.78, 5) is 35.3. The SMILES string of the molecule is CC(=O)O[C@]1(N)C(=O)N2[C@@H](C(=O)O)C(C)(C)S[C@@H]21. The molecule has 7 nitrogen and oxygen atoms in total. The summed E-state index contributed by atoms with van der Waals surface area (Å²) < 4.78 is 4.17. The van der Waals surface area contributed by atoms with Crippen molar-refractivity contribution in [1.29, 1.82) is 0 Å². The van der Waals surface area contributed by atoms with Gasteiger partial charge in [-0.2, -0.15) is 0 Å². The van der Waals surface area contributed by atoms with Crippen molar-refractivity contribution in [3.8, 4) is 0 Å². The van der Waals surface area contributed by atoms with Gasteiger partial charge in [-0.25, -0.2) is 4.79 Å². The highest BCUT2D eigenvalue weighted by Crippen LogP contribution is 2.54. The van der Waals surface area contributed by atoms with Gasteiger partial charge in [0.2, 0.25) is 0 Å². The summed E-state index contributed by atoms with van der Waals surface area (Å²) >= 11 is 1.23. The van der Waals surface area contributed by atoms with E-state index in [9.17, 15) is 19.5 Å². The van der Waals surface area contributed by atoms with Gasteiger partial charge in [0, 0.05) is 11.7 Å². The third kappa shape index (κ3) is 1.52. The van der Waals surface area contributed by atoms with E-state index in [-0.39, 0.29) is 0 Å². The number of carboxylic acid groups (broad SMARTS) is 1. The maximum atomic E-state index is 12.0. The molecule has 1 amide bonds. The van der Waals surface area contributed by atoms with Crippen molar-refractivity contribution in [2.24, 2.45) is 5.73 Å². The van der Waals surface area contributed by atoms with E-state index in [1.54, 1.807) is 13.8 Å². The molecule has 0 radical (unpaired) electrons. The monoisotopic (exact) mass is 274 g/mol. The lowest BCUT2D eigenvalue weighted by atomic mass is 9.94. The average Bonchev–Trinajstić information content (AvgIpc) is 2.47. The fraction of sp³-hybridized carbons (Fsp3) is 0.700. The van der Waals surface area contributed by atoms with Crippen LogP contribution in [0.1, 0.15) is 20.8 Å². The summed E-state index contributed by atoms with van der Waals surface area (Å²) in [7, 11) is 0. The lowest BCUT2D eigenvalue weighted by molar-refractivity contribution is -0.200. The number of carboxylic acids is 1. The van der Waals surface area contributed by atoms with Crippen molar-refractivity contribution >= 4 is 29.6 Å². The normalized spacial score (nSPS) is 36.9. The van der Waals surface area contributed by atoms with Gasteiger partial charge in [-0.15, -0.1) is 11.8 Å². The zero-order valence-corrected chi connectivity index (χ0v) is 11.0. The zero-order valence-electron chi connectivity index (χ0n) is 10.2. The Labute approximate surface area is 108 Å². The number of rotatable bonds is 2. The minimum absolute atomic E-state index is 0.648. The van der Waals surface area contributed by atoms with Crippen molar-refractivity contribution in [2.45, 2.75) is 42.7 Å². The quantitative estimate of drug-likeness (QED) is 0.391. The number of ether oxygens (including phenoxy) is 1. The number of carbonyl (C=O) groups excluding carboxylic acids is 2. The lowest BCUT2D eigenvalue weighted by Crippen LogP contribution is -2.79. The number of esters is 1. The highest BCUT2D eigenvalue weighted by Gasteiger charge is 2.72. The van der Waals surface area contributed by atoms with E-state index in [2.05, 4.69) is 0 Å². The Kier molecular flexibility index (Phi) is 2.64. The Morgan fingerprint density at radius 1 is 1.50 bits per heavy atom. The molecule has 0 aromatic rings. The Morgan fingerprint density at radius 3 is 2.50 bits per heavy atom. The molecule has 3 atom stereocenters. The second kappa shape index (κ2) is 3.61. The zero-order chi connectivity index (χ0) is 13.9. The topological polar surface area (TPSA) is 110 Å². The molecule has 0 saturated carbocycles. The number of hydrogen-bond donors (Lipinski definition) is 2. The second-order valence-corrected chi connectivity index (χ2v) is 6.65. The van der Waals surface area contributed by atoms with Gasteiger partial charge in [-0.3, -0.25) is 15.3 Å². The third-order valence-electron chi connectivity index (χ3n) is 3.09. The lowest BCUT2D eigenvalue weighted by Gasteiger charge is -2.48.